The molecule has 0 amide bonds. The van der Waals surface area contributed by atoms with Crippen LogP contribution in [0.2, 0.25) is 5.15 Å². The topological polar surface area (TPSA) is 16.1 Å². The van der Waals surface area contributed by atoms with Crippen molar-refractivity contribution >= 4 is 11.6 Å². The second-order valence-electron chi connectivity index (χ2n) is 4.47. The Kier molecular flexibility index (Phi) is 3.60. The molecule has 1 atom stereocenters. The number of piperidine rings is 1. The minimum atomic E-state index is 0.595. The van der Waals surface area contributed by atoms with Crippen LogP contribution in [0, 0.1) is 5.92 Å². The number of nitrogens with zero attached hydrogens (tertiary/aromatic N) is 2. The lowest BCUT2D eigenvalue weighted by molar-refractivity contribution is 0.176. The summed E-state index contributed by atoms with van der Waals surface area (Å²) in [6.45, 7) is 5.75. The van der Waals surface area contributed by atoms with Crippen LogP contribution < -0.4 is 0 Å². The third kappa shape index (κ3) is 3.18. The largest absolute Gasteiger partial charge is 0.299 e. The van der Waals surface area contributed by atoms with E-state index in [1.807, 2.05) is 12.1 Å². The SMILES string of the molecule is CC1CCCN(Cc2ccnc(Cl)c2)C1. The van der Waals surface area contributed by atoms with Crippen molar-refractivity contribution in [3.63, 3.8) is 0 Å². The second kappa shape index (κ2) is 4.95. The number of aromatic nitrogens is 1. The highest BCUT2D eigenvalue weighted by molar-refractivity contribution is 6.29. The molecule has 82 valence electrons. The zero-order valence-corrected chi connectivity index (χ0v) is 9.87. The molecule has 1 aliphatic rings. The summed E-state index contributed by atoms with van der Waals surface area (Å²) in [5.74, 6) is 0.830. The predicted octanol–water partition coefficient (Wildman–Crippen LogP) is 2.97. The molecule has 1 saturated heterocycles. The first-order valence-electron chi connectivity index (χ1n) is 5.57. The smallest absolute Gasteiger partial charge is 0.129 e. The van der Waals surface area contributed by atoms with E-state index < -0.39 is 0 Å². The summed E-state index contributed by atoms with van der Waals surface area (Å²) < 4.78 is 0. The lowest BCUT2D eigenvalue weighted by Gasteiger charge is -2.30. The fourth-order valence-corrected chi connectivity index (χ4v) is 2.43. The Morgan fingerprint density at radius 1 is 1.60 bits per heavy atom. The monoisotopic (exact) mass is 224 g/mol. The second-order valence-corrected chi connectivity index (χ2v) is 4.86. The number of rotatable bonds is 2. The summed E-state index contributed by atoms with van der Waals surface area (Å²) in [4.78, 5) is 6.49. The van der Waals surface area contributed by atoms with Crippen molar-refractivity contribution in [2.24, 2.45) is 5.92 Å². The number of halogens is 1. The van der Waals surface area contributed by atoms with Crippen molar-refractivity contribution in [1.29, 1.82) is 0 Å². The molecule has 2 heterocycles. The summed E-state index contributed by atoms with van der Waals surface area (Å²) >= 11 is 5.86. The molecule has 1 aromatic heterocycles. The van der Waals surface area contributed by atoms with Gasteiger partial charge in [-0.3, -0.25) is 4.90 Å². The van der Waals surface area contributed by atoms with Crippen LogP contribution in [0.4, 0.5) is 0 Å². The molecule has 0 bridgehead atoms. The summed E-state index contributed by atoms with van der Waals surface area (Å²) in [7, 11) is 0. The zero-order chi connectivity index (χ0) is 10.7. The summed E-state index contributed by atoms with van der Waals surface area (Å²) in [6.07, 6.45) is 4.47. The van der Waals surface area contributed by atoms with Crippen LogP contribution in [0.5, 0.6) is 0 Å². The molecule has 1 unspecified atom stereocenters. The van der Waals surface area contributed by atoms with Gasteiger partial charge in [-0.15, -0.1) is 0 Å². The van der Waals surface area contributed by atoms with Gasteiger partial charge in [0.1, 0.15) is 5.15 Å². The molecule has 1 fully saturated rings. The van der Waals surface area contributed by atoms with E-state index in [1.54, 1.807) is 6.20 Å². The van der Waals surface area contributed by atoms with Crippen molar-refractivity contribution in [2.45, 2.75) is 26.3 Å². The first kappa shape index (κ1) is 10.9. The van der Waals surface area contributed by atoms with E-state index in [0.29, 0.717) is 5.15 Å². The fraction of sp³-hybridized carbons (Fsp3) is 0.583. The van der Waals surface area contributed by atoms with E-state index in [4.69, 9.17) is 11.6 Å². The lowest BCUT2D eigenvalue weighted by atomic mass is 10.00. The average molecular weight is 225 g/mol. The summed E-state index contributed by atoms with van der Waals surface area (Å²) in [5, 5.41) is 0.595. The highest BCUT2D eigenvalue weighted by Crippen LogP contribution is 2.18. The highest BCUT2D eigenvalue weighted by atomic mass is 35.5. The quantitative estimate of drug-likeness (QED) is 0.719. The Balaban J connectivity index is 1.96. The molecule has 0 aromatic carbocycles. The Bertz CT molecular complexity index is 327. The van der Waals surface area contributed by atoms with Gasteiger partial charge in [-0.2, -0.15) is 0 Å². The molecule has 1 aliphatic heterocycles. The van der Waals surface area contributed by atoms with Gasteiger partial charge in [0.2, 0.25) is 0 Å². The van der Waals surface area contributed by atoms with Crippen molar-refractivity contribution in [3.8, 4) is 0 Å². The van der Waals surface area contributed by atoms with Gasteiger partial charge in [0.25, 0.3) is 0 Å². The van der Waals surface area contributed by atoms with Gasteiger partial charge in [-0.1, -0.05) is 18.5 Å². The standard InChI is InChI=1S/C12H17ClN2/c1-10-3-2-6-15(8-10)9-11-4-5-14-12(13)7-11/h4-5,7,10H,2-3,6,8-9H2,1H3. The van der Waals surface area contributed by atoms with Crippen LogP contribution in [0.3, 0.4) is 0 Å². The van der Waals surface area contributed by atoms with Gasteiger partial charge >= 0.3 is 0 Å². The van der Waals surface area contributed by atoms with E-state index >= 15 is 0 Å². The number of likely N-dealkylation sites (tertiary alicyclic amines) is 1. The minimum absolute atomic E-state index is 0.595. The molecule has 0 aliphatic carbocycles. The van der Waals surface area contributed by atoms with E-state index in [0.717, 1.165) is 12.5 Å². The van der Waals surface area contributed by atoms with Crippen LogP contribution in [0.25, 0.3) is 0 Å². The van der Waals surface area contributed by atoms with Crippen molar-refractivity contribution in [1.82, 2.24) is 9.88 Å². The molecule has 0 spiro atoms. The van der Waals surface area contributed by atoms with Crippen LogP contribution in [0.1, 0.15) is 25.3 Å². The Morgan fingerprint density at radius 3 is 3.20 bits per heavy atom. The van der Waals surface area contributed by atoms with Gasteiger partial charge in [-0.25, -0.2) is 4.98 Å². The maximum atomic E-state index is 5.86. The summed E-state index contributed by atoms with van der Waals surface area (Å²) in [5.41, 5.74) is 1.27. The first-order valence-corrected chi connectivity index (χ1v) is 5.94. The van der Waals surface area contributed by atoms with Gasteiger partial charge in [0.15, 0.2) is 0 Å². The lowest BCUT2D eigenvalue weighted by Crippen LogP contribution is -2.33. The number of hydrogen-bond acceptors (Lipinski definition) is 2. The maximum absolute atomic E-state index is 5.86. The number of pyridine rings is 1. The van der Waals surface area contributed by atoms with Crippen molar-refractivity contribution < 1.29 is 0 Å². The minimum Gasteiger partial charge on any atom is -0.299 e. The molecule has 0 radical (unpaired) electrons. The molecule has 1 aromatic rings. The molecule has 15 heavy (non-hydrogen) atoms. The third-order valence-electron chi connectivity index (χ3n) is 2.94. The van der Waals surface area contributed by atoms with E-state index in [9.17, 15) is 0 Å². The molecule has 0 N–H and O–H groups in total. The van der Waals surface area contributed by atoms with Gasteiger partial charge in [0.05, 0.1) is 0 Å². The first-order chi connectivity index (χ1) is 7.24. The van der Waals surface area contributed by atoms with E-state index in [-0.39, 0.29) is 0 Å². The van der Waals surface area contributed by atoms with E-state index in [1.165, 1.54) is 31.5 Å². The van der Waals surface area contributed by atoms with Gasteiger partial charge < -0.3 is 0 Å². The Morgan fingerprint density at radius 2 is 2.47 bits per heavy atom. The van der Waals surface area contributed by atoms with E-state index in [2.05, 4.69) is 16.8 Å². The molecule has 2 rings (SSSR count). The number of hydrogen-bond donors (Lipinski definition) is 0. The summed E-state index contributed by atoms with van der Waals surface area (Å²) in [6, 6.07) is 4.01. The molecule has 2 nitrogen and oxygen atoms in total. The Hall–Kier alpha value is -0.600. The highest BCUT2D eigenvalue weighted by Gasteiger charge is 2.16. The van der Waals surface area contributed by atoms with Crippen LogP contribution in [0.15, 0.2) is 18.3 Å². The predicted molar refractivity (Wildman–Crippen MR) is 62.9 cm³/mol. The molecular formula is C12H17ClN2. The van der Waals surface area contributed by atoms with Crippen LogP contribution in [-0.4, -0.2) is 23.0 Å². The Labute approximate surface area is 96.3 Å². The van der Waals surface area contributed by atoms with Gasteiger partial charge in [0, 0.05) is 19.3 Å². The van der Waals surface area contributed by atoms with Crippen LogP contribution >= 0.6 is 11.6 Å². The third-order valence-corrected chi connectivity index (χ3v) is 3.14. The molecular weight excluding hydrogens is 208 g/mol. The van der Waals surface area contributed by atoms with Gasteiger partial charge in [-0.05, 0) is 43.0 Å². The molecule has 0 saturated carbocycles. The fourth-order valence-electron chi connectivity index (χ4n) is 2.23. The van der Waals surface area contributed by atoms with Crippen molar-refractivity contribution in [3.05, 3.63) is 29.0 Å². The molecule has 3 heteroatoms. The maximum Gasteiger partial charge on any atom is 0.129 e. The van der Waals surface area contributed by atoms with Crippen molar-refractivity contribution in [2.75, 3.05) is 13.1 Å². The van der Waals surface area contributed by atoms with Crippen LogP contribution in [-0.2, 0) is 6.54 Å². The zero-order valence-electron chi connectivity index (χ0n) is 9.12. The normalized spacial score (nSPS) is 22.9. The average Bonchev–Trinajstić information content (AvgIpc) is 2.17.